The van der Waals surface area contributed by atoms with E-state index in [0.717, 1.165) is 11.1 Å². The third-order valence-corrected chi connectivity index (χ3v) is 4.57. The minimum atomic E-state index is 0.736. The van der Waals surface area contributed by atoms with Crippen molar-refractivity contribution in [1.82, 2.24) is 0 Å². The lowest BCUT2D eigenvalue weighted by Gasteiger charge is -2.38. The molecule has 0 aromatic rings. The maximum Gasteiger partial charge on any atom is 0.131 e. The zero-order valence-electron chi connectivity index (χ0n) is 9.86. The van der Waals surface area contributed by atoms with Gasteiger partial charge in [-0.25, -0.2) is 0 Å². The van der Waals surface area contributed by atoms with Crippen molar-refractivity contribution in [2.75, 3.05) is 0 Å². The summed E-state index contributed by atoms with van der Waals surface area (Å²) in [6.07, 6.45) is 15.2. The molecule has 0 radical (unpaired) electrons. The van der Waals surface area contributed by atoms with Crippen LogP contribution in [0, 0.1) is 0 Å². The van der Waals surface area contributed by atoms with Gasteiger partial charge in [0.05, 0.1) is 0 Å². The van der Waals surface area contributed by atoms with Crippen molar-refractivity contribution in [2.24, 2.45) is 0 Å². The molecule has 2 aliphatic heterocycles. The van der Waals surface area contributed by atoms with Gasteiger partial charge in [-0.05, 0) is 0 Å². The summed E-state index contributed by atoms with van der Waals surface area (Å²) in [5.41, 5.74) is 0. The van der Waals surface area contributed by atoms with Gasteiger partial charge in [0, 0.05) is 0 Å². The van der Waals surface area contributed by atoms with E-state index in [9.17, 15) is 0 Å². The second-order valence-corrected chi connectivity index (χ2v) is 6.08. The Morgan fingerprint density at radius 2 is 1.50 bits per heavy atom. The summed E-state index contributed by atoms with van der Waals surface area (Å²) < 4.78 is 0. The Morgan fingerprint density at radius 1 is 0.857 bits per heavy atom. The Bertz CT molecular complexity index is 178. The van der Waals surface area contributed by atoms with Crippen LogP contribution in [-0.4, -0.2) is 7.28 Å². The van der Waals surface area contributed by atoms with Crippen LogP contribution in [0.25, 0.3) is 0 Å². The van der Waals surface area contributed by atoms with Crippen LogP contribution in [-0.2, 0) is 0 Å². The summed E-state index contributed by atoms with van der Waals surface area (Å²) >= 11 is 0. The van der Waals surface area contributed by atoms with Gasteiger partial charge in [-0.2, -0.15) is 0 Å². The fourth-order valence-electron chi connectivity index (χ4n) is 3.71. The summed E-state index contributed by atoms with van der Waals surface area (Å²) in [6, 6.07) is 0. The SMILES string of the molecule is CC12BC(CCCCCCC1)CCC2. The molecular formula is C13H25B. The first-order valence-electron chi connectivity index (χ1n) is 6.79. The lowest BCUT2D eigenvalue weighted by Crippen LogP contribution is -2.26. The zero-order chi connectivity index (χ0) is 9.86. The Kier molecular flexibility index (Phi) is 3.57. The van der Waals surface area contributed by atoms with Gasteiger partial charge in [0.2, 0.25) is 0 Å². The van der Waals surface area contributed by atoms with Crippen molar-refractivity contribution in [3.8, 4) is 0 Å². The molecule has 0 nitrogen and oxygen atoms in total. The average molecular weight is 192 g/mol. The van der Waals surface area contributed by atoms with E-state index in [1.54, 1.807) is 7.28 Å². The highest BCUT2D eigenvalue weighted by atomic mass is 14.3. The maximum atomic E-state index is 2.56. The van der Waals surface area contributed by atoms with Crippen molar-refractivity contribution in [1.29, 1.82) is 0 Å². The highest BCUT2D eigenvalue weighted by Crippen LogP contribution is 2.47. The van der Waals surface area contributed by atoms with Gasteiger partial charge in [0.15, 0.2) is 0 Å². The molecule has 0 saturated carbocycles. The molecule has 0 spiro atoms. The standard InChI is InChI=1S/C13H25B/c1-13-10-6-4-2-3-5-8-12(14-13)9-7-11-13/h12,14H,2-11H2,1H3. The van der Waals surface area contributed by atoms with Gasteiger partial charge in [0.25, 0.3) is 0 Å². The smallest absolute Gasteiger partial charge is 0.0666 e. The zero-order valence-corrected chi connectivity index (χ0v) is 9.86. The maximum absolute atomic E-state index is 2.56. The Hall–Kier alpha value is 0.0649. The quantitative estimate of drug-likeness (QED) is 0.501. The predicted octanol–water partition coefficient (Wildman–Crippen LogP) is 4.32. The van der Waals surface area contributed by atoms with Crippen LogP contribution in [0.1, 0.15) is 71.1 Å². The molecule has 2 bridgehead atoms. The van der Waals surface area contributed by atoms with Gasteiger partial charge in [0.1, 0.15) is 7.28 Å². The van der Waals surface area contributed by atoms with Gasteiger partial charge < -0.3 is 0 Å². The van der Waals surface area contributed by atoms with Crippen molar-refractivity contribution < 1.29 is 0 Å². The summed E-state index contributed by atoms with van der Waals surface area (Å²) in [5, 5.41) is 0.736. The Morgan fingerprint density at radius 3 is 2.43 bits per heavy atom. The molecule has 1 heteroatoms. The van der Waals surface area contributed by atoms with Gasteiger partial charge >= 0.3 is 0 Å². The number of hydrogen-bond acceptors (Lipinski definition) is 0. The molecule has 2 rings (SSSR count). The number of rotatable bonds is 0. The Labute approximate surface area is 90.1 Å². The molecule has 0 amide bonds. The van der Waals surface area contributed by atoms with E-state index in [4.69, 9.17) is 0 Å². The number of fused-ring (bicyclic) bond motifs is 2. The highest BCUT2D eigenvalue weighted by molar-refractivity contribution is 6.42. The monoisotopic (exact) mass is 192 g/mol. The molecule has 80 valence electrons. The topological polar surface area (TPSA) is 0 Å². The van der Waals surface area contributed by atoms with Crippen molar-refractivity contribution >= 4 is 7.28 Å². The molecule has 0 aromatic carbocycles. The van der Waals surface area contributed by atoms with E-state index in [1.807, 2.05) is 0 Å². The molecule has 0 N–H and O–H groups in total. The second-order valence-electron chi connectivity index (χ2n) is 6.08. The summed E-state index contributed by atoms with van der Waals surface area (Å²) in [4.78, 5) is 0. The van der Waals surface area contributed by atoms with E-state index >= 15 is 0 Å². The Balaban J connectivity index is 1.94. The molecular weight excluding hydrogens is 167 g/mol. The van der Waals surface area contributed by atoms with Gasteiger partial charge in [-0.1, -0.05) is 82.3 Å². The minimum Gasteiger partial charge on any atom is -0.0666 e. The lowest BCUT2D eigenvalue weighted by molar-refractivity contribution is 0.396. The van der Waals surface area contributed by atoms with Gasteiger partial charge in [-0.15, -0.1) is 0 Å². The minimum absolute atomic E-state index is 0.736. The molecule has 2 heterocycles. The van der Waals surface area contributed by atoms with Crippen molar-refractivity contribution in [2.45, 2.75) is 82.3 Å². The van der Waals surface area contributed by atoms with Crippen LogP contribution < -0.4 is 0 Å². The van der Waals surface area contributed by atoms with E-state index in [1.165, 1.54) is 64.2 Å². The lowest BCUT2D eigenvalue weighted by atomic mass is 9.39. The summed E-state index contributed by atoms with van der Waals surface area (Å²) in [7, 11) is 1.55. The van der Waals surface area contributed by atoms with Crippen LogP contribution in [0.4, 0.5) is 0 Å². The van der Waals surface area contributed by atoms with Crippen molar-refractivity contribution in [3.63, 3.8) is 0 Å². The first kappa shape index (κ1) is 10.6. The summed E-state index contributed by atoms with van der Waals surface area (Å²) in [5.74, 6) is 1.09. The molecule has 0 aliphatic carbocycles. The predicted molar refractivity (Wildman–Crippen MR) is 65.4 cm³/mol. The molecule has 2 unspecified atom stereocenters. The molecule has 2 atom stereocenters. The van der Waals surface area contributed by atoms with Crippen molar-refractivity contribution in [3.05, 3.63) is 0 Å². The van der Waals surface area contributed by atoms with E-state index in [-0.39, 0.29) is 0 Å². The fourth-order valence-corrected chi connectivity index (χ4v) is 3.71. The summed E-state index contributed by atoms with van der Waals surface area (Å²) in [6.45, 7) is 2.56. The van der Waals surface area contributed by atoms with Crippen LogP contribution >= 0.6 is 0 Å². The van der Waals surface area contributed by atoms with Crippen LogP contribution in [0.2, 0.25) is 11.1 Å². The molecule has 2 saturated heterocycles. The molecule has 14 heavy (non-hydrogen) atoms. The molecule has 0 aromatic heterocycles. The fraction of sp³-hybridized carbons (Fsp3) is 1.00. The normalized spacial score (nSPS) is 39.9. The van der Waals surface area contributed by atoms with E-state index in [0.29, 0.717) is 0 Å². The van der Waals surface area contributed by atoms with Gasteiger partial charge in [-0.3, -0.25) is 0 Å². The molecule has 2 aliphatic rings. The third kappa shape index (κ3) is 2.78. The largest absolute Gasteiger partial charge is 0.131 e. The molecule has 2 fully saturated rings. The van der Waals surface area contributed by atoms with Crippen LogP contribution in [0.3, 0.4) is 0 Å². The first-order chi connectivity index (χ1) is 6.79. The van der Waals surface area contributed by atoms with Crippen LogP contribution in [0.15, 0.2) is 0 Å². The third-order valence-electron chi connectivity index (χ3n) is 4.57. The number of hydrogen-bond donors (Lipinski definition) is 0. The first-order valence-corrected chi connectivity index (χ1v) is 6.79. The van der Waals surface area contributed by atoms with E-state index in [2.05, 4.69) is 6.92 Å². The van der Waals surface area contributed by atoms with E-state index < -0.39 is 0 Å². The second kappa shape index (κ2) is 4.72. The van der Waals surface area contributed by atoms with Crippen LogP contribution in [0.5, 0.6) is 0 Å². The average Bonchev–Trinajstić information content (AvgIpc) is 2.16. The highest BCUT2D eigenvalue weighted by Gasteiger charge is 2.32.